The average Bonchev–Trinajstić information content (AvgIpc) is 2.82. The van der Waals surface area contributed by atoms with Gasteiger partial charge in [-0.05, 0) is 24.7 Å². The number of nitrogens with zero attached hydrogens (tertiary/aromatic N) is 1. The van der Waals surface area contributed by atoms with Gasteiger partial charge >= 0.3 is 18.2 Å². The molecule has 2 fully saturated rings. The second-order valence-corrected chi connectivity index (χ2v) is 7.40. The summed E-state index contributed by atoms with van der Waals surface area (Å²) in [7, 11) is 0. The fourth-order valence-electron chi connectivity index (χ4n) is 3.64. The first-order valence-corrected chi connectivity index (χ1v) is 7.84. The molecule has 8 heteroatoms. The third-order valence-electron chi connectivity index (χ3n) is 4.88. The van der Waals surface area contributed by atoms with Crippen LogP contribution < -0.4 is 5.32 Å². The molecule has 2 N–H and O–H groups in total. The van der Waals surface area contributed by atoms with Gasteiger partial charge in [0.2, 0.25) is 0 Å². The predicted molar refractivity (Wildman–Crippen MR) is 76.8 cm³/mol. The van der Waals surface area contributed by atoms with E-state index < -0.39 is 43.1 Å². The lowest BCUT2D eigenvalue weighted by Crippen LogP contribution is -2.47. The highest BCUT2D eigenvalue weighted by atomic mass is 19.4. The molecular formula is C15H23F3N2O3. The lowest BCUT2D eigenvalue weighted by Gasteiger charge is -2.36. The summed E-state index contributed by atoms with van der Waals surface area (Å²) in [6, 6.07) is -0.662. The van der Waals surface area contributed by atoms with E-state index in [0.29, 0.717) is 0 Å². The summed E-state index contributed by atoms with van der Waals surface area (Å²) in [6.07, 6.45) is -1.03. The summed E-state index contributed by atoms with van der Waals surface area (Å²) in [5, 5.41) is 11.8. The zero-order chi connectivity index (χ0) is 17.4. The van der Waals surface area contributed by atoms with Crippen LogP contribution in [-0.2, 0) is 4.79 Å². The lowest BCUT2D eigenvalue weighted by atomic mass is 9.75. The molecule has 0 aromatic heterocycles. The van der Waals surface area contributed by atoms with Crippen LogP contribution in [0.25, 0.3) is 0 Å². The summed E-state index contributed by atoms with van der Waals surface area (Å²) in [5.41, 5.74) is 0.0965. The summed E-state index contributed by atoms with van der Waals surface area (Å²) >= 11 is 0. The van der Waals surface area contributed by atoms with E-state index in [1.807, 2.05) is 0 Å². The summed E-state index contributed by atoms with van der Waals surface area (Å²) < 4.78 is 38.8. The molecule has 1 aliphatic heterocycles. The number of carbonyl (C=O) groups excluding carboxylic acids is 1. The van der Waals surface area contributed by atoms with Gasteiger partial charge in [0.25, 0.3) is 0 Å². The van der Waals surface area contributed by atoms with Crippen LogP contribution in [0.4, 0.5) is 18.0 Å². The molecule has 1 aliphatic carbocycles. The number of aliphatic carboxylic acids is 1. The number of halogens is 3. The minimum atomic E-state index is -4.62. The fraction of sp³-hybridized carbons (Fsp3) is 0.867. The number of hydrogen-bond acceptors (Lipinski definition) is 2. The topological polar surface area (TPSA) is 69.6 Å². The van der Waals surface area contributed by atoms with Crippen LogP contribution in [0.2, 0.25) is 0 Å². The molecule has 1 saturated heterocycles. The van der Waals surface area contributed by atoms with Crippen LogP contribution in [-0.4, -0.2) is 47.3 Å². The zero-order valence-electron chi connectivity index (χ0n) is 13.3. The number of alkyl halides is 3. The molecule has 1 heterocycles. The van der Waals surface area contributed by atoms with E-state index in [2.05, 4.69) is 19.2 Å². The van der Waals surface area contributed by atoms with Crippen LogP contribution in [0.15, 0.2) is 0 Å². The maximum Gasteiger partial charge on any atom is 0.394 e. The first-order valence-electron chi connectivity index (χ1n) is 7.84. The Balaban J connectivity index is 1.99. The standard InChI is InChI=1S/C15H23F3N2O3/c1-14(2)5-3-4-9(6-14)19-13(23)20-7-10(12(21)22)11(8-20)15(16,17)18/h9-11H,3-8H2,1-2H3,(H,19,23)(H,21,22)/t9?,10-,11-/m1/s1. The molecule has 0 aromatic carbocycles. The Bertz CT molecular complexity index is 479. The Kier molecular flexibility index (Phi) is 4.82. The monoisotopic (exact) mass is 336 g/mol. The molecule has 2 aliphatic rings. The first-order chi connectivity index (χ1) is 10.5. The van der Waals surface area contributed by atoms with Gasteiger partial charge in [0.1, 0.15) is 0 Å². The molecule has 132 valence electrons. The van der Waals surface area contributed by atoms with Crippen LogP contribution in [0.5, 0.6) is 0 Å². The maximum absolute atomic E-state index is 12.9. The van der Waals surface area contributed by atoms with Gasteiger partial charge in [-0.3, -0.25) is 4.79 Å². The molecule has 2 amide bonds. The number of likely N-dealkylation sites (tertiary alicyclic amines) is 1. The lowest BCUT2D eigenvalue weighted by molar-refractivity contribution is -0.187. The van der Waals surface area contributed by atoms with Crippen molar-refractivity contribution in [2.75, 3.05) is 13.1 Å². The van der Waals surface area contributed by atoms with Gasteiger partial charge in [-0.25, -0.2) is 4.79 Å². The van der Waals surface area contributed by atoms with Gasteiger partial charge in [-0.1, -0.05) is 20.3 Å². The van der Waals surface area contributed by atoms with Crippen molar-refractivity contribution >= 4 is 12.0 Å². The molecule has 0 spiro atoms. The van der Waals surface area contributed by atoms with Crippen molar-refractivity contribution in [1.82, 2.24) is 10.2 Å². The largest absolute Gasteiger partial charge is 0.481 e. The average molecular weight is 336 g/mol. The smallest absolute Gasteiger partial charge is 0.394 e. The Morgan fingerprint density at radius 1 is 1.26 bits per heavy atom. The molecule has 23 heavy (non-hydrogen) atoms. The van der Waals surface area contributed by atoms with Gasteiger partial charge in [-0.2, -0.15) is 13.2 Å². The zero-order valence-corrected chi connectivity index (χ0v) is 13.3. The quantitative estimate of drug-likeness (QED) is 0.815. The van der Waals surface area contributed by atoms with Gasteiger partial charge in [-0.15, -0.1) is 0 Å². The Morgan fingerprint density at radius 3 is 2.39 bits per heavy atom. The SMILES string of the molecule is CC1(C)CCCC(NC(=O)N2C[C@@H](C(F)(F)F)[C@H](C(=O)O)C2)C1. The first kappa shape index (κ1) is 17.9. The molecule has 0 radical (unpaired) electrons. The van der Waals surface area contributed by atoms with Crippen molar-refractivity contribution in [1.29, 1.82) is 0 Å². The summed E-state index contributed by atoms with van der Waals surface area (Å²) in [6.45, 7) is 3.20. The normalized spacial score (nSPS) is 31.0. The van der Waals surface area contributed by atoms with Crippen LogP contribution in [0.3, 0.4) is 0 Å². The second-order valence-electron chi connectivity index (χ2n) is 7.40. The minimum absolute atomic E-state index is 0.0699. The Morgan fingerprint density at radius 2 is 1.91 bits per heavy atom. The van der Waals surface area contributed by atoms with Gasteiger partial charge in [0, 0.05) is 19.1 Å². The molecule has 1 unspecified atom stereocenters. The van der Waals surface area contributed by atoms with Crippen LogP contribution in [0, 0.1) is 17.3 Å². The maximum atomic E-state index is 12.9. The number of carbonyl (C=O) groups is 2. The highest BCUT2D eigenvalue weighted by Crippen LogP contribution is 2.38. The van der Waals surface area contributed by atoms with Crippen molar-refractivity contribution in [2.24, 2.45) is 17.3 Å². The van der Waals surface area contributed by atoms with E-state index >= 15 is 0 Å². The van der Waals surface area contributed by atoms with Crippen molar-refractivity contribution in [3.05, 3.63) is 0 Å². The molecule has 5 nitrogen and oxygen atoms in total. The van der Waals surface area contributed by atoms with Gasteiger partial charge in [0.05, 0.1) is 11.8 Å². The number of carboxylic acids is 1. The van der Waals surface area contributed by atoms with Gasteiger partial charge in [0.15, 0.2) is 0 Å². The highest BCUT2D eigenvalue weighted by molar-refractivity contribution is 5.78. The van der Waals surface area contributed by atoms with Crippen LogP contribution in [0.1, 0.15) is 39.5 Å². The number of carboxylic acid groups (broad SMARTS) is 1. The van der Waals surface area contributed by atoms with Crippen molar-refractivity contribution < 1.29 is 27.9 Å². The summed E-state index contributed by atoms with van der Waals surface area (Å²) in [4.78, 5) is 24.2. The predicted octanol–water partition coefficient (Wildman–Crippen LogP) is 2.86. The Labute approximate surface area is 133 Å². The highest BCUT2D eigenvalue weighted by Gasteiger charge is 2.53. The van der Waals surface area contributed by atoms with E-state index in [1.165, 1.54) is 0 Å². The number of nitrogens with one attached hydrogen (secondary N) is 1. The number of urea groups is 1. The number of amides is 2. The molecule has 2 rings (SSSR count). The van der Waals surface area contributed by atoms with E-state index in [-0.39, 0.29) is 11.5 Å². The third-order valence-corrected chi connectivity index (χ3v) is 4.88. The Hall–Kier alpha value is -1.47. The molecule has 0 aromatic rings. The van der Waals surface area contributed by atoms with E-state index in [4.69, 9.17) is 5.11 Å². The molecule has 0 bridgehead atoms. The molecule has 3 atom stereocenters. The fourth-order valence-corrected chi connectivity index (χ4v) is 3.64. The number of rotatable bonds is 2. The number of hydrogen-bond donors (Lipinski definition) is 2. The second kappa shape index (κ2) is 6.20. The van der Waals surface area contributed by atoms with Crippen molar-refractivity contribution in [3.8, 4) is 0 Å². The van der Waals surface area contributed by atoms with Crippen molar-refractivity contribution in [3.63, 3.8) is 0 Å². The van der Waals surface area contributed by atoms with Crippen LogP contribution >= 0.6 is 0 Å². The van der Waals surface area contributed by atoms with E-state index in [0.717, 1.165) is 30.6 Å². The summed E-state index contributed by atoms with van der Waals surface area (Å²) in [5.74, 6) is -5.11. The van der Waals surface area contributed by atoms with E-state index in [9.17, 15) is 22.8 Å². The molecule has 1 saturated carbocycles. The molecular weight excluding hydrogens is 313 g/mol. The van der Waals surface area contributed by atoms with E-state index in [1.54, 1.807) is 0 Å². The van der Waals surface area contributed by atoms with Gasteiger partial charge < -0.3 is 15.3 Å². The third kappa shape index (κ3) is 4.29. The van der Waals surface area contributed by atoms with Crippen molar-refractivity contribution in [2.45, 2.75) is 51.7 Å². The minimum Gasteiger partial charge on any atom is -0.481 e.